The summed E-state index contributed by atoms with van der Waals surface area (Å²) >= 11 is 0. The summed E-state index contributed by atoms with van der Waals surface area (Å²) in [6, 6.07) is 1.82. The first-order valence-corrected chi connectivity index (χ1v) is 4.47. The van der Waals surface area contributed by atoms with Crippen molar-refractivity contribution in [2.24, 2.45) is 0 Å². The van der Waals surface area contributed by atoms with E-state index in [1.54, 1.807) is 13.3 Å². The fourth-order valence-corrected chi connectivity index (χ4v) is 1.19. The van der Waals surface area contributed by atoms with Gasteiger partial charge in [0.1, 0.15) is 0 Å². The molecule has 0 aromatic carbocycles. The minimum Gasteiger partial charge on any atom is -0.493 e. The third kappa shape index (κ3) is 1.74. The quantitative estimate of drug-likeness (QED) is 0.710. The van der Waals surface area contributed by atoms with E-state index < -0.39 is 0 Å². The first kappa shape index (κ1) is 8.35. The largest absolute Gasteiger partial charge is 0.493 e. The Hall–Kier alpha value is -1.25. The molecule has 0 N–H and O–H groups in total. The van der Waals surface area contributed by atoms with Gasteiger partial charge in [0.25, 0.3) is 0 Å². The van der Waals surface area contributed by atoms with Gasteiger partial charge in [-0.3, -0.25) is 4.98 Å². The van der Waals surface area contributed by atoms with Crippen molar-refractivity contribution in [3.05, 3.63) is 18.0 Å². The highest BCUT2D eigenvalue weighted by Gasteiger charge is 2.25. The van der Waals surface area contributed by atoms with Crippen LogP contribution in [0.2, 0.25) is 0 Å². The molecule has 0 unspecified atom stereocenters. The van der Waals surface area contributed by atoms with E-state index in [1.165, 1.54) is 0 Å². The molecular formula is C10H13NO2. The molecule has 70 valence electrons. The summed E-state index contributed by atoms with van der Waals surface area (Å²) in [5.41, 5.74) is 0.895. The van der Waals surface area contributed by atoms with Crippen molar-refractivity contribution in [2.75, 3.05) is 7.11 Å². The molecule has 3 nitrogen and oxygen atoms in total. The number of pyridine rings is 1. The maximum Gasteiger partial charge on any atom is 0.182 e. The molecule has 3 heteroatoms. The first-order valence-electron chi connectivity index (χ1n) is 4.47. The van der Waals surface area contributed by atoms with Gasteiger partial charge in [0.05, 0.1) is 18.9 Å². The second kappa shape index (κ2) is 3.24. The molecule has 1 aromatic rings. The number of methoxy groups -OCH3 is 1. The van der Waals surface area contributed by atoms with Crippen LogP contribution in [0.4, 0.5) is 0 Å². The Morgan fingerprint density at radius 2 is 2.23 bits per heavy atom. The van der Waals surface area contributed by atoms with E-state index in [9.17, 15) is 0 Å². The van der Waals surface area contributed by atoms with E-state index in [1.807, 2.05) is 13.0 Å². The number of rotatable bonds is 3. The third-order valence-electron chi connectivity index (χ3n) is 2.08. The Morgan fingerprint density at radius 3 is 2.85 bits per heavy atom. The molecule has 0 bridgehead atoms. The summed E-state index contributed by atoms with van der Waals surface area (Å²) < 4.78 is 10.9. The monoisotopic (exact) mass is 179 g/mol. The molecule has 1 aliphatic rings. The lowest BCUT2D eigenvalue weighted by molar-refractivity contribution is 0.278. The molecule has 0 atom stereocenters. The van der Waals surface area contributed by atoms with Crippen molar-refractivity contribution < 1.29 is 9.47 Å². The highest BCUT2D eigenvalue weighted by atomic mass is 16.5. The van der Waals surface area contributed by atoms with Gasteiger partial charge in [-0.1, -0.05) is 0 Å². The van der Waals surface area contributed by atoms with Gasteiger partial charge in [-0.2, -0.15) is 0 Å². The number of aromatic nitrogens is 1. The first-order chi connectivity index (χ1) is 6.31. The van der Waals surface area contributed by atoms with Crippen molar-refractivity contribution >= 4 is 0 Å². The summed E-state index contributed by atoms with van der Waals surface area (Å²) in [6.45, 7) is 1.93. The number of hydrogen-bond donors (Lipinski definition) is 0. The lowest BCUT2D eigenvalue weighted by atomic mass is 10.3. The Morgan fingerprint density at radius 1 is 1.46 bits per heavy atom. The van der Waals surface area contributed by atoms with Crippen LogP contribution in [0.15, 0.2) is 12.3 Å². The minimum atomic E-state index is 0.386. The van der Waals surface area contributed by atoms with Crippen molar-refractivity contribution in [3.8, 4) is 11.5 Å². The molecule has 0 saturated heterocycles. The number of hydrogen-bond acceptors (Lipinski definition) is 3. The summed E-state index contributed by atoms with van der Waals surface area (Å²) in [4.78, 5) is 4.16. The fraction of sp³-hybridized carbons (Fsp3) is 0.500. The molecule has 0 spiro atoms. The highest BCUT2D eigenvalue weighted by molar-refractivity contribution is 5.42. The minimum absolute atomic E-state index is 0.386. The molecule has 0 radical (unpaired) electrons. The molecule has 13 heavy (non-hydrogen) atoms. The lowest BCUT2D eigenvalue weighted by Crippen LogP contribution is -2.01. The fourth-order valence-electron chi connectivity index (χ4n) is 1.19. The van der Waals surface area contributed by atoms with Crippen LogP contribution in [0.5, 0.6) is 11.5 Å². The maximum absolute atomic E-state index is 5.69. The van der Waals surface area contributed by atoms with E-state index in [2.05, 4.69) is 4.98 Å². The van der Waals surface area contributed by atoms with Crippen molar-refractivity contribution in [1.29, 1.82) is 0 Å². The summed E-state index contributed by atoms with van der Waals surface area (Å²) in [7, 11) is 1.65. The molecule has 0 amide bonds. The van der Waals surface area contributed by atoms with Crippen LogP contribution in [-0.4, -0.2) is 18.2 Å². The highest BCUT2D eigenvalue weighted by Crippen LogP contribution is 2.34. The van der Waals surface area contributed by atoms with Crippen LogP contribution < -0.4 is 9.47 Å². The van der Waals surface area contributed by atoms with Crippen LogP contribution in [0.25, 0.3) is 0 Å². The molecule has 1 aromatic heterocycles. The molecule has 0 aliphatic heterocycles. The van der Waals surface area contributed by atoms with Gasteiger partial charge in [0, 0.05) is 12.3 Å². The Kier molecular flexibility index (Phi) is 2.08. The summed E-state index contributed by atoms with van der Waals surface area (Å²) in [5.74, 6) is 1.58. The van der Waals surface area contributed by atoms with Gasteiger partial charge < -0.3 is 9.47 Å². The van der Waals surface area contributed by atoms with E-state index in [0.29, 0.717) is 6.10 Å². The predicted octanol–water partition coefficient (Wildman–Crippen LogP) is 1.94. The van der Waals surface area contributed by atoms with Crippen LogP contribution in [-0.2, 0) is 0 Å². The van der Waals surface area contributed by atoms with Crippen molar-refractivity contribution in [3.63, 3.8) is 0 Å². The van der Waals surface area contributed by atoms with E-state index in [-0.39, 0.29) is 0 Å². The number of ether oxygens (including phenoxy) is 2. The molecule has 1 saturated carbocycles. The van der Waals surface area contributed by atoms with Gasteiger partial charge in [0.15, 0.2) is 11.5 Å². The number of nitrogens with zero attached hydrogens (tertiary/aromatic N) is 1. The van der Waals surface area contributed by atoms with Gasteiger partial charge in [-0.15, -0.1) is 0 Å². The van der Waals surface area contributed by atoms with Crippen LogP contribution in [0.1, 0.15) is 18.5 Å². The van der Waals surface area contributed by atoms with Gasteiger partial charge in [-0.25, -0.2) is 0 Å². The average Bonchev–Trinajstić information content (AvgIpc) is 2.92. The summed E-state index contributed by atoms with van der Waals surface area (Å²) in [6.07, 6.45) is 4.42. The Balaban J connectivity index is 2.27. The van der Waals surface area contributed by atoms with Crippen molar-refractivity contribution in [2.45, 2.75) is 25.9 Å². The SMILES string of the molecule is COc1ccnc(C)c1OC1CC1. The second-order valence-corrected chi connectivity index (χ2v) is 3.24. The average molecular weight is 179 g/mol. The zero-order valence-electron chi connectivity index (χ0n) is 7.91. The van der Waals surface area contributed by atoms with Gasteiger partial charge >= 0.3 is 0 Å². The maximum atomic E-state index is 5.69. The normalized spacial score (nSPS) is 15.5. The summed E-state index contributed by atoms with van der Waals surface area (Å²) in [5, 5.41) is 0. The van der Waals surface area contributed by atoms with E-state index in [4.69, 9.17) is 9.47 Å². The molecular weight excluding hydrogens is 166 g/mol. The molecule has 1 aliphatic carbocycles. The Bertz CT molecular complexity index is 308. The molecule has 1 heterocycles. The van der Waals surface area contributed by atoms with E-state index >= 15 is 0 Å². The van der Waals surface area contributed by atoms with Crippen LogP contribution in [0, 0.1) is 6.92 Å². The van der Waals surface area contributed by atoms with Gasteiger partial charge in [0.2, 0.25) is 0 Å². The predicted molar refractivity (Wildman–Crippen MR) is 49.2 cm³/mol. The zero-order chi connectivity index (χ0) is 9.26. The molecule has 2 rings (SSSR count). The van der Waals surface area contributed by atoms with E-state index in [0.717, 1.165) is 30.0 Å². The topological polar surface area (TPSA) is 31.4 Å². The zero-order valence-corrected chi connectivity index (χ0v) is 7.91. The van der Waals surface area contributed by atoms with Gasteiger partial charge in [-0.05, 0) is 19.8 Å². The van der Waals surface area contributed by atoms with Crippen molar-refractivity contribution in [1.82, 2.24) is 4.98 Å². The standard InChI is InChI=1S/C10H13NO2/c1-7-10(13-8-3-4-8)9(12-2)5-6-11-7/h5-6,8H,3-4H2,1-2H3. The lowest BCUT2D eigenvalue weighted by Gasteiger charge is -2.11. The smallest absolute Gasteiger partial charge is 0.182 e. The van der Waals surface area contributed by atoms with Crippen LogP contribution in [0.3, 0.4) is 0 Å². The third-order valence-corrected chi connectivity index (χ3v) is 2.08. The van der Waals surface area contributed by atoms with Crippen LogP contribution >= 0.6 is 0 Å². The Labute approximate surface area is 77.7 Å². The molecule has 1 fully saturated rings. The number of aryl methyl sites for hydroxylation is 1. The second-order valence-electron chi connectivity index (χ2n) is 3.24.